The second-order valence-corrected chi connectivity index (χ2v) is 5.84. The van der Waals surface area contributed by atoms with Crippen molar-refractivity contribution in [3.05, 3.63) is 0 Å². The van der Waals surface area contributed by atoms with Crippen molar-refractivity contribution < 1.29 is 5.11 Å². The molecule has 0 saturated carbocycles. The summed E-state index contributed by atoms with van der Waals surface area (Å²) >= 11 is 0. The van der Waals surface area contributed by atoms with Gasteiger partial charge in [0.25, 0.3) is 0 Å². The van der Waals surface area contributed by atoms with Gasteiger partial charge in [-0.15, -0.1) is 0 Å². The molecule has 108 valence electrons. The highest BCUT2D eigenvalue weighted by Gasteiger charge is 2.18. The molecular weight excluding hydrogens is 224 g/mol. The summed E-state index contributed by atoms with van der Waals surface area (Å²) in [7, 11) is 0. The molecule has 1 rings (SSSR count). The quantitative estimate of drug-likeness (QED) is 0.624. The van der Waals surface area contributed by atoms with Gasteiger partial charge >= 0.3 is 0 Å². The smallest absolute Gasteiger partial charge is 0.0692 e. The van der Waals surface area contributed by atoms with Gasteiger partial charge < -0.3 is 15.7 Å². The first-order valence-electron chi connectivity index (χ1n) is 7.82. The average Bonchev–Trinajstić information content (AvgIpc) is 2.39. The van der Waals surface area contributed by atoms with Crippen LogP contribution >= 0.6 is 0 Å². The number of nitrogens with one attached hydrogen (secondary N) is 2. The molecule has 0 aromatic carbocycles. The van der Waals surface area contributed by atoms with Crippen molar-refractivity contribution in [2.45, 2.75) is 77.5 Å². The molecule has 0 aromatic heterocycles. The first-order chi connectivity index (χ1) is 8.67. The topological polar surface area (TPSA) is 44.3 Å². The molecular formula is C15H32N2O. The lowest BCUT2D eigenvalue weighted by molar-refractivity contribution is 0.0978. The first-order valence-corrected chi connectivity index (χ1v) is 7.82. The fourth-order valence-electron chi connectivity index (χ4n) is 2.96. The van der Waals surface area contributed by atoms with Crippen molar-refractivity contribution in [2.75, 3.05) is 13.1 Å². The maximum Gasteiger partial charge on any atom is 0.0692 e. The molecule has 3 unspecified atom stereocenters. The van der Waals surface area contributed by atoms with Crippen LogP contribution in [0.4, 0.5) is 0 Å². The molecule has 0 aliphatic carbocycles. The van der Waals surface area contributed by atoms with Crippen molar-refractivity contribution in [1.82, 2.24) is 10.6 Å². The summed E-state index contributed by atoms with van der Waals surface area (Å²) in [6, 6.07) is 1.16. The summed E-state index contributed by atoms with van der Waals surface area (Å²) < 4.78 is 0. The highest BCUT2D eigenvalue weighted by atomic mass is 16.3. The summed E-state index contributed by atoms with van der Waals surface area (Å²) in [6.07, 6.45) is 7.11. The number of hydrogen-bond donors (Lipinski definition) is 3. The molecule has 1 heterocycles. The molecule has 0 radical (unpaired) electrons. The van der Waals surface area contributed by atoms with E-state index in [1.165, 1.54) is 32.2 Å². The predicted molar refractivity (Wildman–Crippen MR) is 77.8 cm³/mol. The normalized spacial score (nSPS) is 24.2. The van der Waals surface area contributed by atoms with Gasteiger partial charge in [0.1, 0.15) is 0 Å². The van der Waals surface area contributed by atoms with Crippen LogP contribution in [0.3, 0.4) is 0 Å². The Hall–Kier alpha value is -0.120. The highest BCUT2D eigenvalue weighted by molar-refractivity contribution is 4.78. The molecule has 3 atom stereocenters. The number of hydrogen-bond acceptors (Lipinski definition) is 3. The third-order valence-corrected chi connectivity index (χ3v) is 4.32. The Labute approximate surface area is 113 Å². The lowest BCUT2D eigenvalue weighted by Gasteiger charge is -2.28. The Bertz CT molecular complexity index is 201. The summed E-state index contributed by atoms with van der Waals surface area (Å²) in [5.74, 6) is 0.442. The van der Waals surface area contributed by atoms with Crippen molar-refractivity contribution in [3.63, 3.8) is 0 Å². The summed E-state index contributed by atoms with van der Waals surface area (Å²) in [5.41, 5.74) is 0. The van der Waals surface area contributed by atoms with Crippen LogP contribution in [0.25, 0.3) is 0 Å². The van der Waals surface area contributed by atoms with Gasteiger partial charge in [-0.25, -0.2) is 0 Å². The lowest BCUT2D eigenvalue weighted by atomic mass is 9.95. The summed E-state index contributed by atoms with van der Waals surface area (Å²) in [4.78, 5) is 0. The molecule has 1 fully saturated rings. The van der Waals surface area contributed by atoms with Crippen LogP contribution in [0.2, 0.25) is 0 Å². The molecule has 1 saturated heterocycles. The Balaban J connectivity index is 2.17. The van der Waals surface area contributed by atoms with E-state index in [0.717, 1.165) is 19.4 Å². The van der Waals surface area contributed by atoms with Gasteiger partial charge in [0.15, 0.2) is 0 Å². The fraction of sp³-hybridized carbons (Fsp3) is 1.00. The second-order valence-electron chi connectivity index (χ2n) is 5.84. The van der Waals surface area contributed by atoms with E-state index in [1.807, 2.05) is 0 Å². The maximum atomic E-state index is 10.1. The van der Waals surface area contributed by atoms with E-state index in [-0.39, 0.29) is 6.10 Å². The van der Waals surface area contributed by atoms with Gasteiger partial charge in [-0.3, -0.25) is 0 Å². The molecule has 3 heteroatoms. The van der Waals surface area contributed by atoms with Gasteiger partial charge in [-0.2, -0.15) is 0 Å². The minimum absolute atomic E-state index is 0.193. The zero-order valence-corrected chi connectivity index (χ0v) is 12.4. The molecule has 18 heavy (non-hydrogen) atoms. The predicted octanol–water partition coefficient (Wildman–Crippen LogP) is 2.29. The van der Waals surface area contributed by atoms with Crippen molar-refractivity contribution in [1.29, 1.82) is 0 Å². The van der Waals surface area contributed by atoms with Gasteiger partial charge in [-0.05, 0) is 38.6 Å². The van der Waals surface area contributed by atoms with E-state index in [0.29, 0.717) is 18.0 Å². The molecule has 0 bridgehead atoms. The zero-order chi connectivity index (χ0) is 13.4. The molecule has 0 amide bonds. The fourth-order valence-corrected chi connectivity index (χ4v) is 2.96. The molecule has 1 aliphatic heterocycles. The Kier molecular flexibility index (Phi) is 7.87. The van der Waals surface area contributed by atoms with E-state index in [4.69, 9.17) is 0 Å². The third kappa shape index (κ3) is 5.68. The largest absolute Gasteiger partial charge is 0.392 e. The zero-order valence-electron chi connectivity index (χ0n) is 12.4. The van der Waals surface area contributed by atoms with E-state index in [2.05, 4.69) is 31.4 Å². The van der Waals surface area contributed by atoms with Crippen molar-refractivity contribution >= 4 is 0 Å². The van der Waals surface area contributed by atoms with Crippen LogP contribution in [-0.4, -0.2) is 36.4 Å². The standard InChI is InChI=1S/C15H32N2O/c1-4-13(5-2)15(18)11-17-12(3)10-14-8-6-7-9-16-14/h12-18H,4-11H2,1-3H3. The SMILES string of the molecule is CCC(CC)C(O)CNC(C)CC1CCCCN1. The molecule has 0 aromatic rings. The average molecular weight is 256 g/mol. The highest BCUT2D eigenvalue weighted by Crippen LogP contribution is 2.14. The van der Waals surface area contributed by atoms with E-state index in [9.17, 15) is 5.11 Å². The summed E-state index contributed by atoms with van der Waals surface area (Å²) in [6.45, 7) is 8.46. The van der Waals surface area contributed by atoms with Gasteiger partial charge in [0.05, 0.1) is 6.10 Å². The van der Waals surface area contributed by atoms with Gasteiger partial charge in [0, 0.05) is 18.6 Å². The minimum Gasteiger partial charge on any atom is -0.392 e. The lowest BCUT2D eigenvalue weighted by Crippen LogP contribution is -2.42. The van der Waals surface area contributed by atoms with Crippen LogP contribution in [0, 0.1) is 5.92 Å². The van der Waals surface area contributed by atoms with Gasteiger partial charge in [-0.1, -0.05) is 33.1 Å². The maximum absolute atomic E-state index is 10.1. The van der Waals surface area contributed by atoms with E-state index >= 15 is 0 Å². The van der Waals surface area contributed by atoms with Gasteiger partial charge in [0.2, 0.25) is 0 Å². The number of rotatable bonds is 8. The van der Waals surface area contributed by atoms with E-state index in [1.54, 1.807) is 0 Å². The molecule has 1 aliphatic rings. The third-order valence-electron chi connectivity index (χ3n) is 4.32. The number of aliphatic hydroxyl groups excluding tert-OH is 1. The van der Waals surface area contributed by atoms with Crippen LogP contribution in [-0.2, 0) is 0 Å². The minimum atomic E-state index is -0.193. The molecule has 0 spiro atoms. The van der Waals surface area contributed by atoms with Crippen LogP contribution < -0.4 is 10.6 Å². The molecule has 3 N–H and O–H groups in total. The summed E-state index contributed by atoms with van der Waals surface area (Å²) in [5, 5.41) is 17.2. The van der Waals surface area contributed by atoms with Crippen LogP contribution in [0.5, 0.6) is 0 Å². The van der Waals surface area contributed by atoms with Crippen LogP contribution in [0.15, 0.2) is 0 Å². The first kappa shape index (κ1) is 15.9. The van der Waals surface area contributed by atoms with Crippen molar-refractivity contribution in [3.8, 4) is 0 Å². The number of piperidine rings is 1. The Morgan fingerprint density at radius 1 is 1.28 bits per heavy atom. The Morgan fingerprint density at radius 3 is 2.56 bits per heavy atom. The second kappa shape index (κ2) is 8.89. The molecule has 3 nitrogen and oxygen atoms in total. The Morgan fingerprint density at radius 2 is 2.00 bits per heavy atom. The van der Waals surface area contributed by atoms with Crippen LogP contribution in [0.1, 0.15) is 59.3 Å². The van der Waals surface area contributed by atoms with Crippen molar-refractivity contribution in [2.24, 2.45) is 5.92 Å². The number of aliphatic hydroxyl groups is 1. The van der Waals surface area contributed by atoms with E-state index < -0.39 is 0 Å². The monoisotopic (exact) mass is 256 g/mol.